The average molecular weight is 310 g/mol. The highest BCUT2D eigenvalue weighted by Crippen LogP contribution is 2.33. The lowest BCUT2D eigenvalue weighted by Gasteiger charge is -2.23. The van der Waals surface area contributed by atoms with Crippen molar-refractivity contribution in [3.8, 4) is 0 Å². The van der Waals surface area contributed by atoms with Gasteiger partial charge in [-0.25, -0.2) is 0 Å². The fraction of sp³-hybridized carbons (Fsp3) is 0.533. The second-order valence-corrected chi connectivity index (χ2v) is 6.75. The van der Waals surface area contributed by atoms with Crippen LogP contribution in [0.3, 0.4) is 0 Å². The van der Waals surface area contributed by atoms with Crippen LogP contribution < -0.4 is 10.6 Å². The zero-order valence-electron chi connectivity index (χ0n) is 12.1. The van der Waals surface area contributed by atoms with Gasteiger partial charge in [-0.15, -0.1) is 11.8 Å². The van der Waals surface area contributed by atoms with Crippen molar-refractivity contribution in [2.75, 3.05) is 37.5 Å². The molecule has 0 aromatic heterocycles. The van der Waals surface area contributed by atoms with Gasteiger partial charge < -0.3 is 15.4 Å². The summed E-state index contributed by atoms with van der Waals surface area (Å²) < 4.78 is 5.27. The van der Waals surface area contributed by atoms with Crippen LogP contribution in [0, 0.1) is 5.92 Å². The Hall–Kier alpha value is -0.780. The SMILES string of the molecule is CCSc1cccc(N2CCC(COC)C2)c1C(N)=S. The van der Waals surface area contributed by atoms with Gasteiger partial charge in [0, 0.05) is 42.3 Å². The van der Waals surface area contributed by atoms with Crippen molar-refractivity contribution in [2.45, 2.75) is 18.2 Å². The van der Waals surface area contributed by atoms with Crippen LogP contribution in [-0.4, -0.2) is 37.5 Å². The molecule has 110 valence electrons. The van der Waals surface area contributed by atoms with Crippen LogP contribution in [0.15, 0.2) is 23.1 Å². The smallest absolute Gasteiger partial charge is 0.107 e. The van der Waals surface area contributed by atoms with Crippen molar-refractivity contribution in [2.24, 2.45) is 11.7 Å². The van der Waals surface area contributed by atoms with Crippen LogP contribution in [0.1, 0.15) is 18.9 Å². The van der Waals surface area contributed by atoms with Crippen LogP contribution in [0.25, 0.3) is 0 Å². The molecule has 1 saturated heterocycles. The van der Waals surface area contributed by atoms with Gasteiger partial charge >= 0.3 is 0 Å². The van der Waals surface area contributed by atoms with E-state index in [2.05, 4.69) is 30.0 Å². The minimum Gasteiger partial charge on any atom is -0.389 e. The maximum Gasteiger partial charge on any atom is 0.107 e. The van der Waals surface area contributed by atoms with Crippen molar-refractivity contribution in [3.63, 3.8) is 0 Å². The Balaban J connectivity index is 2.27. The maximum absolute atomic E-state index is 5.97. The molecule has 1 atom stereocenters. The molecule has 1 fully saturated rings. The molecule has 1 aliphatic rings. The number of nitrogens with zero attached hydrogens (tertiary/aromatic N) is 1. The highest BCUT2D eigenvalue weighted by molar-refractivity contribution is 7.99. The Kier molecular flexibility index (Phi) is 5.69. The molecule has 0 amide bonds. The van der Waals surface area contributed by atoms with Gasteiger partial charge in [0.25, 0.3) is 0 Å². The number of rotatable bonds is 6. The largest absolute Gasteiger partial charge is 0.389 e. The highest BCUT2D eigenvalue weighted by Gasteiger charge is 2.25. The van der Waals surface area contributed by atoms with Crippen LogP contribution >= 0.6 is 24.0 Å². The van der Waals surface area contributed by atoms with E-state index in [-0.39, 0.29) is 0 Å². The summed E-state index contributed by atoms with van der Waals surface area (Å²) in [5.74, 6) is 1.62. The first-order valence-corrected chi connectivity index (χ1v) is 8.36. The number of benzene rings is 1. The van der Waals surface area contributed by atoms with Crippen molar-refractivity contribution in [3.05, 3.63) is 23.8 Å². The van der Waals surface area contributed by atoms with E-state index in [9.17, 15) is 0 Å². The lowest BCUT2D eigenvalue weighted by Crippen LogP contribution is -2.25. The number of thiocarbonyl (C=S) groups is 1. The van der Waals surface area contributed by atoms with E-state index < -0.39 is 0 Å². The standard InChI is InChI=1S/C15H22N2OS2/c1-3-20-13-6-4-5-12(14(13)15(16)19)17-8-7-11(9-17)10-18-2/h4-6,11H,3,7-10H2,1-2H3,(H2,16,19). The molecule has 0 bridgehead atoms. The summed E-state index contributed by atoms with van der Waals surface area (Å²) in [5, 5.41) is 0. The molecule has 0 saturated carbocycles. The van der Waals surface area contributed by atoms with Crippen molar-refractivity contribution in [1.82, 2.24) is 0 Å². The molecule has 2 rings (SSSR count). The summed E-state index contributed by atoms with van der Waals surface area (Å²) >= 11 is 7.08. The van der Waals surface area contributed by atoms with Gasteiger partial charge in [-0.3, -0.25) is 0 Å². The van der Waals surface area contributed by atoms with E-state index in [1.165, 1.54) is 10.6 Å². The molecule has 1 heterocycles. The van der Waals surface area contributed by atoms with Gasteiger partial charge in [0.1, 0.15) is 4.99 Å². The van der Waals surface area contributed by atoms with Gasteiger partial charge in [0.15, 0.2) is 0 Å². The Morgan fingerprint density at radius 1 is 1.55 bits per heavy atom. The van der Waals surface area contributed by atoms with Gasteiger partial charge in [0.2, 0.25) is 0 Å². The molecule has 1 aromatic rings. The Labute approximate surface area is 130 Å². The van der Waals surface area contributed by atoms with Gasteiger partial charge in [-0.1, -0.05) is 25.2 Å². The van der Waals surface area contributed by atoms with Crippen molar-refractivity contribution in [1.29, 1.82) is 0 Å². The van der Waals surface area contributed by atoms with E-state index in [4.69, 9.17) is 22.7 Å². The average Bonchev–Trinajstić information content (AvgIpc) is 2.87. The second kappa shape index (κ2) is 7.29. The zero-order valence-corrected chi connectivity index (χ0v) is 13.7. The van der Waals surface area contributed by atoms with Crippen LogP contribution in [0.4, 0.5) is 5.69 Å². The van der Waals surface area contributed by atoms with Gasteiger partial charge in [0.05, 0.1) is 6.61 Å². The molecule has 0 radical (unpaired) electrons. The molecule has 3 nitrogen and oxygen atoms in total. The Morgan fingerprint density at radius 2 is 2.35 bits per heavy atom. The summed E-state index contributed by atoms with van der Waals surface area (Å²) in [4.78, 5) is 4.07. The van der Waals surface area contributed by atoms with Crippen molar-refractivity contribution < 1.29 is 4.74 Å². The molecule has 2 N–H and O–H groups in total. The first-order chi connectivity index (χ1) is 9.67. The fourth-order valence-electron chi connectivity index (χ4n) is 2.73. The fourth-order valence-corrected chi connectivity index (χ4v) is 3.85. The molecule has 1 unspecified atom stereocenters. The number of anilines is 1. The number of nitrogens with two attached hydrogens (primary N) is 1. The monoisotopic (exact) mass is 310 g/mol. The number of methoxy groups -OCH3 is 1. The summed E-state index contributed by atoms with van der Waals surface area (Å²) in [6.45, 7) is 5.03. The predicted octanol–water partition coefficient (Wildman–Crippen LogP) is 2.91. The number of hydrogen-bond donors (Lipinski definition) is 1. The van der Waals surface area contributed by atoms with E-state index in [0.29, 0.717) is 10.9 Å². The third-order valence-electron chi connectivity index (χ3n) is 3.58. The summed E-state index contributed by atoms with van der Waals surface area (Å²) in [6.07, 6.45) is 1.16. The normalized spacial score (nSPS) is 18.5. The number of ether oxygens (including phenoxy) is 1. The summed E-state index contributed by atoms with van der Waals surface area (Å²) in [6, 6.07) is 6.33. The zero-order chi connectivity index (χ0) is 14.5. The first kappa shape index (κ1) is 15.6. The molecule has 20 heavy (non-hydrogen) atoms. The third kappa shape index (κ3) is 3.45. The summed E-state index contributed by atoms with van der Waals surface area (Å²) in [5.41, 5.74) is 8.18. The van der Waals surface area contributed by atoms with Crippen LogP contribution in [-0.2, 0) is 4.74 Å². The van der Waals surface area contributed by atoms with Crippen molar-refractivity contribution >= 4 is 34.7 Å². The van der Waals surface area contributed by atoms with Crippen LogP contribution in [0.2, 0.25) is 0 Å². The van der Waals surface area contributed by atoms with E-state index in [1.807, 2.05) is 0 Å². The number of hydrogen-bond acceptors (Lipinski definition) is 4. The molecule has 0 spiro atoms. The molecule has 5 heteroatoms. The highest BCUT2D eigenvalue weighted by atomic mass is 32.2. The first-order valence-electron chi connectivity index (χ1n) is 6.96. The van der Waals surface area contributed by atoms with E-state index in [1.54, 1.807) is 18.9 Å². The minimum atomic E-state index is 0.492. The number of thioether (sulfide) groups is 1. The van der Waals surface area contributed by atoms with Gasteiger partial charge in [-0.05, 0) is 24.3 Å². The molecular formula is C15H22N2OS2. The molecular weight excluding hydrogens is 288 g/mol. The predicted molar refractivity (Wildman–Crippen MR) is 90.9 cm³/mol. The third-order valence-corrected chi connectivity index (χ3v) is 4.72. The molecule has 1 aromatic carbocycles. The topological polar surface area (TPSA) is 38.5 Å². The lowest BCUT2D eigenvalue weighted by molar-refractivity contribution is 0.161. The van der Waals surface area contributed by atoms with Gasteiger partial charge in [-0.2, -0.15) is 0 Å². The maximum atomic E-state index is 5.97. The van der Waals surface area contributed by atoms with E-state index in [0.717, 1.165) is 37.4 Å². The Bertz CT molecular complexity index is 479. The molecule has 1 aliphatic heterocycles. The second-order valence-electron chi connectivity index (χ2n) is 5.00. The Morgan fingerprint density at radius 3 is 3.00 bits per heavy atom. The minimum absolute atomic E-state index is 0.492. The summed E-state index contributed by atoms with van der Waals surface area (Å²) in [7, 11) is 1.77. The quantitative estimate of drug-likeness (QED) is 0.646. The van der Waals surface area contributed by atoms with Crippen LogP contribution in [0.5, 0.6) is 0 Å². The lowest BCUT2D eigenvalue weighted by atomic mass is 10.1. The molecule has 0 aliphatic carbocycles. The van der Waals surface area contributed by atoms with E-state index >= 15 is 0 Å².